The van der Waals surface area contributed by atoms with Gasteiger partial charge < -0.3 is 19.1 Å². The summed E-state index contributed by atoms with van der Waals surface area (Å²) in [6.45, 7) is -0.0325. The Labute approximate surface area is 127 Å². The molecule has 0 aliphatic carbocycles. The predicted molar refractivity (Wildman–Crippen MR) is 72.3 cm³/mol. The van der Waals surface area contributed by atoms with Crippen molar-refractivity contribution >= 4 is 22.1 Å². The highest BCUT2D eigenvalue weighted by Gasteiger charge is 2.16. The van der Waals surface area contributed by atoms with E-state index in [1.54, 1.807) is 0 Å². The second-order valence-electron chi connectivity index (χ2n) is 4.26. The summed E-state index contributed by atoms with van der Waals surface area (Å²) in [5, 5.41) is 8.61. The van der Waals surface area contributed by atoms with Gasteiger partial charge >= 0.3 is 11.9 Å². The van der Waals surface area contributed by atoms with Crippen molar-refractivity contribution in [1.82, 2.24) is 0 Å². The molecule has 1 aromatic carbocycles. The molecule has 0 aliphatic heterocycles. The summed E-state index contributed by atoms with van der Waals surface area (Å²) >= 11 is 0. The molecular weight excluding hydrogens is 316 g/mol. The molecule has 1 aromatic rings. The molecule has 0 amide bonds. The number of hydrogen-bond donors (Lipinski definition) is 1. The Morgan fingerprint density at radius 3 is 2.23 bits per heavy atom. The molecule has 0 spiro atoms. The summed E-state index contributed by atoms with van der Waals surface area (Å²) in [6, 6.07) is 2.74. The van der Waals surface area contributed by atoms with Gasteiger partial charge in [0.25, 0.3) is 0 Å². The second kappa shape index (κ2) is 7.87. The topological polar surface area (TPSA) is 130 Å². The number of rotatable bonds is 7. The van der Waals surface area contributed by atoms with Gasteiger partial charge in [-0.25, -0.2) is 18.0 Å². The fraction of sp³-hybridized carbons (Fsp3) is 0.385. The van der Waals surface area contributed by atoms with Crippen LogP contribution in [0.1, 0.15) is 33.6 Å². The maximum absolute atomic E-state index is 11.8. The molecule has 0 heterocycles. The van der Waals surface area contributed by atoms with Gasteiger partial charge in [0.15, 0.2) is 0 Å². The zero-order valence-electron chi connectivity index (χ0n) is 11.8. The van der Waals surface area contributed by atoms with Crippen LogP contribution in [0.4, 0.5) is 0 Å². The van der Waals surface area contributed by atoms with E-state index in [4.69, 9.17) is 9.84 Å². The number of carbonyl (C=O) groups excluding carboxylic acids is 2. The van der Waals surface area contributed by atoms with Crippen LogP contribution < -0.4 is 0 Å². The first kappa shape index (κ1) is 18.1. The van der Waals surface area contributed by atoms with Crippen LogP contribution in [0.25, 0.3) is 0 Å². The molecule has 0 saturated heterocycles. The molecule has 1 rings (SSSR count). The van der Waals surface area contributed by atoms with Crippen LogP contribution in [0.3, 0.4) is 0 Å². The van der Waals surface area contributed by atoms with Gasteiger partial charge in [0, 0.05) is 6.61 Å². The first-order valence-electron chi connectivity index (χ1n) is 6.27. The number of aliphatic hydroxyl groups is 1. The fourth-order valence-corrected chi connectivity index (χ4v) is 2.10. The van der Waals surface area contributed by atoms with E-state index in [9.17, 15) is 22.6 Å². The van der Waals surface area contributed by atoms with E-state index < -0.39 is 27.0 Å². The molecule has 22 heavy (non-hydrogen) atoms. The molecule has 0 bridgehead atoms. The smallest absolute Gasteiger partial charge is 0.338 e. The van der Waals surface area contributed by atoms with Gasteiger partial charge in [-0.2, -0.15) is 0 Å². The molecule has 0 radical (unpaired) electrons. The van der Waals surface area contributed by atoms with Crippen molar-refractivity contribution in [3.05, 3.63) is 29.3 Å². The van der Waals surface area contributed by atoms with Crippen LogP contribution in [-0.2, 0) is 19.6 Å². The van der Waals surface area contributed by atoms with Gasteiger partial charge in [0.05, 0.1) is 29.7 Å². The average molecular weight is 331 g/mol. The Bertz CT molecular complexity index is 650. The third kappa shape index (κ3) is 5.10. The molecule has 0 atom stereocenters. The fourth-order valence-electron chi connectivity index (χ4n) is 1.56. The summed E-state index contributed by atoms with van der Waals surface area (Å²) in [4.78, 5) is 22.6. The zero-order chi connectivity index (χ0) is 16.8. The molecule has 0 unspecified atom stereocenters. The third-order valence-corrected chi connectivity index (χ3v) is 3.45. The van der Waals surface area contributed by atoms with Crippen molar-refractivity contribution in [3.63, 3.8) is 0 Å². The van der Waals surface area contributed by atoms with E-state index >= 15 is 0 Å². The lowest BCUT2D eigenvalue weighted by atomic mass is 10.1. The first-order valence-corrected chi connectivity index (χ1v) is 7.67. The van der Waals surface area contributed by atoms with Crippen molar-refractivity contribution in [3.8, 4) is 0 Å². The Balaban J connectivity index is 3.07. The van der Waals surface area contributed by atoms with Crippen LogP contribution in [-0.4, -0.2) is 50.3 Å². The van der Waals surface area contributed by atoms with E-state index in [0.29, 0.717) is 12.8 Å². The van der Waals surface area contributed by atoms with Crippen molar-refractivity contribution in [2.24, 2.45) is 0 Å². The lowest BCUT2D eigenvalue weighted by Gasteiger charge is -2.11. The van der Waals surface area contributed by atoms with Crippen LogP contribution in [0, 0.1) is 0 Å². The summed E-state index contributed by atoms with van der Waals surface area (Å²) in [5.41, 5.74) is -0.497. The van der Waals surface area contributed by atoms with Gasteiger partial charge in [0.1, 0.15) is 10.1 Å². The van der Waals surface area contributed by atoms with Crippen LogP contribution >= 0.6 is 0 Å². The Morgan fingerprint density at radius 1 is 1.14 bits per heavy atom. The molecular formula is C13H15O8S-. The van der Waals surface area contributed by atoms with E-state index in [-0.39, 0.29) is 24.3 Å². The number of unbranched alkanes of at least 4 members (excludes halogenated alkanes) is 1. The van der Waals surface area contributed by atoms with E-state index in [0.717, 1.165) is 25.3 Å². The Kier molecular flexibility index (Phi) is 6.47. The Morgan fingerprint density at radius 2 is 1.73 bits per heavy atom. The maximum Gasteiger partial charge on any atom is 0.338 e. The van der Waals surface area contributed by atoms with Gasteiger partial charge in [0.2, 0.25) is 0 Å². The maximum atomic E-state index is 11.8. The van der Waals surface area contributed by atoms with Gasteiger partial charge in [-0.15, -0.1) is 0 Å². The van der Waals surface area contributed by atoms with E-state index in [1.807, 2.05) is 0 Å². The van der Waals surface area contributed by atoms with Crippen LogP contribution in [0.15, 0.2) is 23.1 Å². The Hall–Kier alpha value is -1.97. The number of aliphatic hydroxyl groups excluding tert-OH is 1. The zero-order valence-corrected chi connectivity index (χ0v) is 12.6. The molecule has 0 aliphatic rings. The van der Waals surface area contributed by atoms with Crippen molar-refractivity contribution in [1.29, 1.82) is 0 Å². The quantitative estimate of drug-likeness (QED) is 0.429. The highest BCUT2D eigenvalue weighted by molar-refractivity contribution is 7.85. The predicted octanol–water partition coefficient (Wildman–Crippen LogP) is 0.307. The normalized spacial score (nSPS) is 11.0. The lowest BCUT2D eigenvalue weighted by Crippen LogP contribution is -2.12. The molecule has 122 valence electrons. The summed E-state index contributed by atoms with van der Waals surface area (Å²) < 4.78 is 42.6. The number of esters is 2. The third-order valence-electron chi connectivity index (χ3n) is 2.64. The van der Waals surface area contributed by atoms with Crippen molar-refractivity contribution in [2.45, 2.75) is 17.7 Å². The summed E-state index contributed by atoms with van der Waals surface area (Å²) in [7, 11) is -3.77. The lowest BCUT2D eigenvalue weighted by molar-refractivity contribution is 0.0492. The molecule has 0 fully saturated rings. The monoisotopic (exact) mass is 331 g/mol. The highest BCUT2D eigenvalue weighted by Crippen LogP contribution is 2.17. The number of ether oxygens (including phenoxy) is 2. The van der Waals surface area contributed by atoms with Crippen molar-refractivity contribution in [2.75, 3.05) is 20.3 Å². The molecule has 0 aromatic heterocycles. The minimum Gasteiger partial charge on any atom is -0.744 e. The van der Waals surface area contributed by atoms with Gasteiger partial charge in [-0.3, -0.25) is 0 Å². The molecule has 9 heteroatoms. The van der Waals surface area contributed by atoms with Crippen LogP contribution in [0.2, 0.25) is 0 Å². The molecule has 8 nitrogen and oxygen atoms in total. The average Bonchev–Trinajstić information content (AvgIpc) is 2.49. The second-order valence-corrected chi connectivity index (χ2v) is 5.64. The van der Waals surface area contributed by atoms with Crippen LogP contribution in [0.5, 0.6) is 0 Å². The minimum absolute atomic E-state index is 0.0152. The minimum atomic E-state index is -4.85. The number of carbonyl (C=O) groups is 2. The van der Waals surface area contributed by atoms with E-state index in [2.05, 4.69) is 4.74 Å². The number of hydrogen-bond acceptors (Lipinski definition) is 8. The van der Waals surface area contributed by atoms with Gasteiger partial charge in [-0.1, -0.05) is 0 Å². The summed E-state index contributed by atoms with van der Waals surface area (Å²) in [5.74, 6) is -1.77. The first-order chi connectivity index (χ1) is 10.3. The number of methoxy groups -OCH3 is 1. The van der Waals surface area contributed by atoms with Gasteiger partial charge in [-0.05, 0) is 31.0 Å². The largest absolute Gasteiger partial charge is 0.744 e. The molecule has 0 saturated carbocycles. The summed E-state index contributed by atoms with van der Waals surface area (Å²) in [6.07, 6.45) is 0.862. The van der Waals surface area contributed by atoms with Crippen molar-refractivity contribution < 1.29 is 37.1 Å². The van der Waals surface area contributed by atoms with E-state index in [1.165, 1.54) is 0 Å². The SMILES string of the molecule is COC(=O)c1cc(C(=O)OCCCCO)cc(S(=O)(=O)[O-])c1. The molecule has 1 N–H and O–H groups in total. The number of benzene rings is 1. The standard InChI is InChI=1S/C13H16O8S/c1-20-12(15)9-6-10(8-11(7-9)22(17,18)19)13(16)21-5-3-2-4-14/h6-8,14H,2-5H2,1H3,(H,17,18,19)/p-1. The highest BCUT2D eigenvalue weighted by atomic mass is 32.2.